The lowest BCUT2D eigenvalue weighted by atomic mass is 10.2. The summed E-state index contributed by atoms with van der Waals surface area (Å²) in [6.07, 6.45) is 1.61. The Morgan fingerprint density at radius 3 is 2.37 bits per heavy atom. The van der Waals surface area contributed by atoms with Gasteiger partial charge in [0, 0.05) is 38.3 Å². The van der Waals surface area contributed by atoms with Crippen LogP contribution in [0, 0.1) is 11.6 Å². The van der Waals surface area contributed by atoms with Crippen molar-refractivity contribution in [2.75, 3.05) is 36.4 Å². The fraction of sp³-hybridized carbons (Fsp3) is 0.217. The first-order chi connectivity index (χ1) is 14.6. The number of halogens is 2. The number of benzene rings is 2. The van der Waals surface area contributed by atoms with Crippen LogP contribution in [0.1, 0.15) is 15.9 Å². The molecule has 0 unspecified atom stereocenters. The molecule has 1 aliphatic rings. The normalized spacial score (nSPS) is 14.5. The van der Waals surface area contributed by atoms with Gasteiger partial charge in [-0.2, -0.15) is 0 Å². The first-order valence-electron chi connectivity index (χ1n) is 9.81. The van der Waals surface area contributed by atoms with Crippen molar-refractivity contribution < 1.29 is 13.6 Å². The average molecular weight is 408 g/mol. The first-order valence-corrected chi connectivity index (χ1v) is 9.81. The molecule has 2 aromatic carbocycles. The molecular weight excluding hydrogens is 386 g/mol. The Labute approximate surface area is 174 Å². The van der Waals surface area contributed by atoms with E-state index in [-0.39, 0.29) is 17.3 Å². The number of carbonyl (C=O) groups excluding carboxylic acids is 1. The minimum absolute atomic E-state index is 0.217. The Bertz CT molecular complexity index is 1000. The fourth-order valence-electron chi connectivity index (χ4n) is 3.46. The summed E-state index contributed by atoms with van der Waals surface area (Å²) in [4.78, 5) is 21.2. The predicted octanol–water partition coefficient (Wildman–Crippen LogP) is 3.93. The summed E-state index contributed by atoms with van der Waals surface area (Å²) in [5.41, 5.74) is 1.92. The van der Waals surface area contributed by atoms with Gasteiger partial charge in [0.25, 0.3) is 5.91 Å². The smallest absolute Gasteiger partial charge is 0.255 e. The molecule has 0 radical (unpaired) electrons. The van der Waals surface area contributed by atoms with Crippen LogP contribution >= 0.6 is 0 Å². The summed E-state index contributed by atoms with van der Waals surface area (Å²) in [5, 5.41) is 2.73. The lowest BCUT2D eigenvalue weighted by Gasteiger charge is -2.35. The molecule has 1 amide bonds. The molecule has 1 N–H and O–H groups in total. The van der Waals surface area contributed by atoms with E-state index in [1.54, 1.807) is 18.3 Å². The van der Waals surface area contributed by atoms with E-state index in [1.807, 2.05) is 18.2 Å². The lowest BCUT2D eigenvalue weighted by Crippen LogP contribution is -2.46. The van der Waals surface area contributed by atoms with Crippen LogP contribution in [0.2, 0.25) is 0 Å². The zero-order valence-corrected chi connectivity index (χ0v) is 16.4. The molecule has 4 rings (SSSR count). The van der Waals surface area contributed by atoms with Crippen molar-refractivity contribution in [1.29, 1.82) is 0 Å². The molecule has 154 valence electrons. The van der Waals surface area contributed by atoms with Crippen LogP contribution in [0.3, 0.4) is 0 Å². The molecule has 2 heterocycles. The van der Waals surface area contributed by atoms with Crippen molar-refractivity contribution in [3.8, 4) is 0 Å². The van der Waals surface area contributed by atoms with Gasteiger partial charge in [0.1, 0.15) is 17.5 Å². The van der Waals surface area contributed by atoms with Gasteiger partial charge >= 0.3 is 0 Å². The third-order valence-corrected chi connectivity index (χ3v) is 5.11. The standard InChI is InChI=1S/C23H22F2N4O/c24-19-6-4-17(5-7-19)16-28-10-12-29(13-11-28)22-9-8-21(15-26-22)27-23(30)18-2-1-3-20(25)14-18/h1-9,14-15H,10-13,16H2,(H,27,30). The molecule has 1 aromatic heterocycles. The Balaban J connectivity index is 1.30. The van der Waals surface area contributed by atoms with Gasteiger partial charge in [-0.3, -0.25) is 9.69 Å². The van der Waals surface area contributed by atoms with Crippen molar-refractivity contribution in [3.63, 3.8) is 0 Å². The van der Waals surface area contributed by atoms with E-state index in [4.69, 9.17) is 0 Å². The number of carbonyl (C=O) groups is 1. The molecule has 0 atom stereocenters. The highest BCUT2D eigenvalue weighted by Gasteiger charge is 2.18. The number of aromatic nitrogens is 1. The molecule has 7 heteroatoms. The van der Waals surface area contributed by atoms with Crippen LogP contribution in [0.15, 0.2) is 66.9 Å². The van der Waals surface area contributed by atoms with Gasteiger partial charge in [0.2, 0.25) is 0 Å². The second-order valence-corrected chi connectivity index (χ2v) is 7.26. The Kier molecular flexibility index (Phi) is 5.99. The number of hydrogen-bond donors (Lipinski definition) is 1. The number of pyridine rings is 1. The molecule has 5 nitrogen and oxygen atoms in total. The number of nitrogens with zero attached hydrogens (tertiary/aromatic N) is 3. The molecule has 3 aromatic rings. The van der Waals surface area contributed by atoms with Crippen molar-refractivity contribution >= 4 is 17.4 Å². The van der Waals surface area contributed by atoms with E-state index in [9.17, 15) is 13.6 Å². The fourth-order valence-corrected chi connectivity index (χ4v) is 3.46. The van der Waals surface area contributed by atoms with E-state index in [0.717, 1.165) is 44.1 Å². The van der Waals surface area contributed by atoms with Crippen LogP contribution in [0.4, 0.5) is 20.3 Å². The highest BCUT2D eigenvalue weighted by atomic mass is 19.1. The Hall–Kier alpha value is -3.32. The third kappa shape index (κ3) is 4.99. The van der Waals surface area contributed by atoms with Crippen molar-refractivity contribution in [3.05, 3.63) is 89.6 Å². The predicted molar refractivity (Wildman–Crippen MR) is 112 cm³/mol. The molecule has 0 bridgehead atoms. The highest BCUT2D eigenvalue weighted by Crippen LogP contribution is 2.18. The maximum Gasteiger partial charge on any atom is 0.255 e. The van der Waals surface area contributed by atoms with E-state index in [1.165, 1.54) is 30.3 Å². The summed E-state index contributed by atoms with van der Waals surface area (Å²) < 4.78 is 26.3. The van der Waals surface area contributed by atoms with Crippen molar-refractivity contribution in [1.82, 2.24) is 9.88 Å². The molecule has 0 saturated carbocycles. The summed E-state index contributed by atoms with van der Waals surface area (Å²) in [6.45, 7) is 4.24. The number of anilines is 2. The van der Waals surface area contributed by atoms with Crippen LogP contribution < -0.4 is 10.2 Å². The maximum atomic E-state index is 13.3. The van der Waals surface area contributed by atoms with Gasteiger partial charge in [-0.15, -0.1) is 0 Å². The van der Waals surface area contributed by atoms with Crippen LogP contribution in [0.25, 0.3) is 0 Å². The summed E-state index contributed by atoms with van der Waals surface area (Å²) in [6, 6.07) is 15.8. The monoisotopic (exact) mass is 408 g/mol. The number of nitrogens with one attached hydrogen (secondary N) is 1. The van der Waals surface area contributed by atoms with Gasteiger partial charge in [0.15, 0.2) is 0 Å². The summed E-state index contributed by atoms with van der Waals surface area (Å²) in [5.74, 6) is -0.196. The van der Waals surface area contributed by atoms with E-state index < -0.39 is 5.82 Å². The second kappa shape index (κ2) is 9.00. The number of hydrogen-bond acceptors (Lipinski definition) is 4. The minimum Gasteiger partial charge on any atom is -0.354 e. The molecular formula is C23H22F2N4O. The zero-order chi connectivity index (χ0) is 20.9. The average Bonchev–Trinajstić information content (AvgIpc) is 2.76. The van der Waals surface area contributed by atoms with E-state index >= 15 is 0 Å². The maximum absolute atomic E-state index is 13.3. The zero-order valence-electron chi connectivity index (χ0n) is 16.4. The topological polar surface area (TPSA) is 48.5 Å². The number of piperazine rings is 1. The van der Waals surface area contributed by atoms with Gasteiger partial charge in [0.05, 0.1) is 11.9 Å². The first kappa shape index (κ1) is 20.0. The van der Waals surface area contributed by atoms with Crippen LogP contribution in [-0.4, -0.2) is 42.0 Å². The quantitative estimate of drug-likeness (QED) is 0.695. The minimum atomic E-state index is -0.449. The van der Waals surface area contributed by atoms with Crippen molar-refractivity contribution in [2.45, 2.75) is 6.54 Å². The molecule has 1 saturated heterocycles. The molecule has 0 aliphatic carbocycles. The van der Waals surface area contributed by atoms with Crippen LogP contribution in [0.5, 0.6) is 0 Å². The summed E-state index contributed by atoms with van der Waals surface area (Å²) >= 11 is 0. The molecule has 1 aliphatic heterocycles. The Morgan fingerprint density at radius 1 is 0.933 bits per heavy atom. The van der Waals surface area contributed by atoms with Gasteiger partial charge < -0.3 is 10.2 Å². The second-order valence-electron chi connectivity index (χ2n) is 7.26. The largest absolute Gasteiger partial charge is 0.354 e. The molecule has 0 spiro atoms. The lowest BCUT2D eigenvalue weighted by molar-refractivity contribution is 0.102. The van der Waals surface area contributed by atoms with Gasteiger partial charge in [-0.25, -0.2) is 13.8 Å². The highest BCUT2D eigenvalue weighted by molar-refractivity contribution is 6.04. The summed E-state index contributed by atoms with van der Waals surface area (Å²) in [7, 11) is 0. The Morgan fingerprint density at radius 2 is 1.70 bits per heavy atom. The number of amides is 1. The van der Waals surface area contributed by atoms with Crippen molar-refractivity contribution in [2.24, 2.45) is 0 Å². The van der Waals surface area contributed by atoms with Gasteiger partial charge in [-0.1, -0.05) is 18.2 Å². The number of rotatable bonds is 5. The third-order valence-electron chi connectivity index (χ3n) is 5.11. The van der Waals surface area contributed by atoms with Gasteiger partial charge in [-0.05, 0) is 48.0 Å². The van der Waals surface area contributed by atoms with E-state index in [0.29, 0.717) is 5.69 Å². The van der Waals surface area contributed by atoms with E-state index in [2.05, 4.69) is 20.1 Å². The molecule has 30 heavy (non-hydrogen) atoms. The SMILES string of the molecule is O=C(Nc1ccc(N2CCN(Cc3ccc(F)cc3)CC2)nc1)c1cccc(F)c1. The van der Waals surface area contributed by atoms with Crippen LogP contribution in [-0.2, 0) is 6.54 Å². The molecule has 1 fully saturated rings.